The van der Waals surface area contributed by atoms with Crippen LogP contribution < -0.4 is 5.32 Å². The zero-order valence-corrected chi connectivity index (χ0v) is 20.2. The van der Waals surface area contributed by atoms with Crippen molar-refractivity contribution in [2.45, 2.75) is 57.0 Å². The molecule has 0 aliphatic carbocycles. The van der Waals surface area contributed by atoms with E-state index in [4.69, 9.17) is 0 Å². The third-order valence-corrected chi connectivity index (χ3v) is 7.59. The molecule has 1 unspecified atom stereocenters. The number of carboxylic acid groups (broad SMARTS) is 1. The quantitative estimate of drug-likeness (QED) is 0.339. The van der Waals surface area contributed by atoms with Crippen LogP contribution in [0.3, 0.4) is 0 Å². The average Bonchev–Trinajstić information content (AvgIpc) is 3.30. The number of aliphatic carboxylic acids is 1. The van der Waals surface area contributed by atoms with E-state index in [2.05, 4.69) is 5.32 Å². The monoisotopic (exact) mass is 498 g/mol. The number of amides is 2. The van der Waals surface area contributed by atoms with Crippen LogP contribution >= 0.6 is 0 Å². The van der Waals surface area contributed by atoms with Gasteiger partial charge in [0.05, 0.1) is 11.3 Å². The molecule has 2 rings (SSSR count). The maximum absolute atomic E-state index is 13.4. The standard InChI is InChI=1S/C21H30N4O8S/c1-4-24(34(32,33)17-10-6-5-9-16(17)25(30)31)19(14(2)3)20(28)22-15(13-18(26)27)21(29)23-11-7-8-12-23/h5-6,9-10,14-15,19H,4,7-8,11-13H2,1-3H3,(H,22,28)(H,26,27)/t15-,19?/m0/s1. The van der Waals surface area contributed by atoms with Crippen LogP contribution in [0.1, 0.15) is 40.0 Å². The zero-order chi connectivity index (χ0) is 25.6. The summed E-state index contributed by atoms with van der Waals surface area (Å²) in [6.45, 7) is 5.39. The Hall–Kier alpha value is -3.06. The highest BCUT2D eigenvalue weighted by atomic mass is 32.2. The van der Waals surface area contributed by atoms with E-state index in [1.165, 1.54) is 24.0 Å². The molecule has 0 spiro atoms. The first-order valence-corrected chi connectivity index (χ1v) is 12.4. The first kappa shape index (κ1) is 27.2. The third-order valence-electron chi connectivity index (χ3n) is 5.58. The lowest BCUT2D eigenvalue weighted by atomic mass is 10.0. The smallest absolute Gasteiger partial charge is 0.305 e. The Labute approximate surface area is 198 Å². The Kier molecular flexibility index (Phi) is 9.10. The minimum Gasteiger partial charge on any atom is -0.481 e. The van der Waals surface area contributed by atoms with Crippen LogP contribution in [0.15, 0.2) is 29.2 Å². The van der Waals surface area contributed by atoms with Crippen LogP contribution in [0.2, 0.25) is 0 Å². The Bertz CT molecular complexity index is 1040. The van der Waals surface area contributed by atoms with Crippen LogP contribution in [0.5, 0.6) is 0 Å². The summed E-state index contributed by atoms with van der Waals surface area (Å²) in [6.07, 6.45) is 0.881. The van der Waals surface area contributed by atoms with E-state index in [-0.39, 0.29) is 6.54 Å². The SMILES string of the molecule is CCN(C(C(=O)N[C@@H](CC(=O)O)C(=O)N1CCCC1)C(C)C)S(=O)(=O)c1ccccc1[N+](=O)[O-]. The number of hydrogen-bond donors (Lipinski definition) is 2. The molecule has 0 bridgehead atoms. The fourth-order valence-corrected chi connectivity index (χ4v) is 5.91. The molecule has 1 aliphatic heterocycles. The lowest BCUT2D eigenvalue weighted by Gasteiger charge is -2.33. The van der Waals surface area contributed by atoms with Crippen molar-refractivity contribution in [2.75, 3.05) is 19.6 Å². The summed E-state index contributed by atoms with van der Waals surface area (Å²) in [4.78, 5) is 49.0. The Morgan fingerprint density at radius 1 is 1.21 bits per heavy atom. The van der Waals surface area contributed by atoms with Gasteiger partial charge in [0, 0.05) is 25.7 Å². The van der Waals surface area contributed by atoms with Crippen molar-refractivity contribution in [1.82, 2.24) is 14.5 Å². The van der Waals surface area contributed by atoms with Crippen LogP contribution in [-0.2, 0) is 24.4 Å². The molecule has 1 saturated heterocycles. The molecule has 1 aromatic carbocycles. The molecular formula is C21H30N4O8S. The van der Waals surface area contributed by atoms with E-state index in [1.54, 1.807) is 13.8 Å². The number of likely N-dealkylation sites (N-methyl/N-ethyl adjacent to an activating group) is 1. The predicted octanol–water partition coefficient (Wildman–Crippen LogP) is 1.21. The van der Waals surface area contributed by atoms with Crippen molar-refractivity contribution < 1.29 is 32.8 Å². The van der Waals surface area contributed by atoms with Gasteiger partial charge in [-0.05, 0) is 24.8 Å². The molecule has 1 aliphatic rings. The number of carboxylic acids is 1. The van der Waals surface area contributed by atoms with Crippen molar-refractivity contribution in [3.63, 3.8) is 0 Å². The van der Waals surface area contributed by atoms with Gasteiger partial charge in [-0.25, -0.2) is 8.42 Å². The van der Waals surface area contributed by atoms with Gasteiger partial charge >= 0.3 is 5.97 Å². The summed E-state index contributed by atoms with van der Waals surface area (Å²) in [5.41, 5.74) is -0.628. The van der Waals surface area contributed by atoms with Gasteiger partial charge in [0.2, 0.25) is 11.8 Å². The number of benzene rings is 1. The maximum atomic E-state index is 13.4. The number of likely N-dealkylation sites (tertiary alicyclic amines) is 1. The molecule has 1 heterocycles. The number of sulfonamides is 1. The number of carbonyl (C=O) groups is 3. The van der Waals surface area contributed by atoms with Gasteiger partial charge in [0.1, 0.15) is 12.1 Å². The van der Waals surface area contributed by atoms with Crippen molar-refractivity contribution >= 4 is 33.5 Å². The summed E-state index contributed by atoms with van der Waals surface area (Å²) < 4.78 is 27.7. The average molecular weight is 499 g/mol. The Morgan fingerprint density at radius 2 is 1.79 bits per heavy atom. The number of carbonyl (C=O) groups excluding carboxylic acids is 2. The predicted molar refractivity (Wildman–Crippen MR) is 121 cm³/mol. The highest BCUT2D eigenvalue weighted by molar-refractivity contribution is 7.89. The molecule has 1 fully saturated rings. The fourth-order valence-electron chi connectivity index (χ4n) is 4.02. The first-order valence-electron chi connectivity index (χ1n) is 11.0. The molecule has 34 heavy (non-hydrogen) atoms. The summed E-state index contributed by atoms with van der Waals surface area (Å²) in [5.74, 6) is -3.28. The van der Waals surface area contributed by atoms with Gasteiger partial charge in [-0.3, -0.25) is 24.5 Å². The second kappa shape index (κ2) is 11.4. The van der Waals surface area contributed by atoms with E-state index in [0.29, 0.717) is 13.1 Å². The van der Waals surface area contributed by atoms with E-state index in [0.717, 1.165) is 29.3 Å². The molecular weight excluding hydrogens is 468 g/mol. The van der Waals surface area contributed by atoms with E-state index in [1.807, 2.05) is 0 Å². The van der Waals surface area contributed by atoms with Crippen molar-refractivity contribution in [3.8, 4) is 0 Å². The van der Waals surface area contributed by atoms with Gasteiger partial charge < -0.3 is 15.3 Å². The molecule has 0 saturated carbocycles. The molecule has 13 heteroatoms. The summed E-state index contributed by atoms with van der Waals surface area (Å²) in [6, 6.07) is 2.13. The van der Waals surface area contributed by atoms with Crippen molar-refractivity contribution in [3.05, 3.63) is 34.4 Å². The van der Waals surface area contributed by atoms with Gasteiger partial charge in [0.25, 0.3) is 15.7 Å². The maximum Gasteiger partial charge on any atom is 0.305 e. The fraction of sp³-hybridized carbons (Fsp3) is 0.571. The first-order chi connectivity index (χ1) is 15.9. The van der Waals surface area contributed by atoms with Crippen LogP contribution in [-0.4, -0.2) is 77.2 Å². The molecule has 188 valence electrons. The van der Waals surface area contributed by atoms with E-state index < -0.39 is 67.7 Å². The Morgan fingerprint density at radius 3 is 2.29 bits per heavy atom. The molecule has 2 amide bonds. The second-order valence-electron chi connectivity index (χ2n) is 8.31. The summed E-state index contributed by atoms with van der Waals surface area (Å²) in [5, 5.41) is 23.1. The lowest BCUT2D eigenvalue weighted by Crippen LogP contribution is -2.57. The molecule has 0 radical (unpaired) electrons. The number of rotatable bonds is 11. The highest BCUT2D eigenvalue weighted by Crippen LogP contribution is 2.29. The van der Waals surface area contributed by atoms with Gasteiger partial charge in [-0.15, -0.1) is 0 Å². The molecule has 2 atom stereocenters. The summed E-state index contributed by atoms with van der Waals surface area (Å²) >= 11 is 0. The molecule has 1 aromatic rings. The highest BCUT2D eigenvalue weighted by Gasteiger charge is 2.41. The number of nitro benzene ring substituents is 1. The number of nitrogens with one attached hydrogen (secondary N) is 1. The number of nitrogens with zero attached hydrogens (tertiary/aromatic N) is 3. The van der Waals surface area contributed by atoms with Gasteiger partial charge in [0.15, 0.2) is 4.90 Å². The normalized spacial score (nSPS) is 15.9. The van der Waals surface area contributed by atoms with Crippen LogP contribution in [0.4, 0.5) is 5.69 Å². The largest absolute Gasteiger partial charge is 0.481 e. The van der Waals surface area contributed by atoms with Crippen molar-refractivity contribution in [2.24, 2.45) is 5.92 Å². The molecule has 12 nitrogen and oxygen atoms in total. The van der Waals surface area contributed by atoms with Crippen LogP contribution in [0.25, 0.3) is 0 Å². The number of hydrogen-bond acceptors (Lipinski definition) is 7. The second-order valence-corrected chi connectivity index (χ2v) is 10.2. The number of nitro groups is 1. The van der Waals surface area contributed by atoms with Gasteiger partial charge in [-0.1, -0.05) is 32.9 Å². The van der Waals surface area contributed by atoms with Gasteiger partial charge in [-0.2, -0.15) is 4.31 Å². The van der Waals surface area contributed by atoms with Crippen LogP contribution in [0, 0.1) is 16.0 Å². The zero-order valence-electron chi connectivity index (χ0n) is 19.3. The lowest BCUT2D eigenvalue weighted by molar-refractivity contribution is -0.387. The minimum atomic E-state index is -4.49. The Balaban J connectivity index is 2.41. The molecule has 2 N–H and O–H groups in total. The topological polar surface area (TPSA) is 167 Å². The molecule has 0 aromatic heterocycles. The minimum absolute atomic E-state index is 0.186. The van der Waals surface area contributed by atoms with Crippen molar-refractivity contribution in [1.29, 1.82) is 0 Å². The van der Waals surface area contributed by atoms with E-state index in [9.17, 15) is 38.0 Å². The summed E-state index contributed by atoms with van der Waals surface area (Å²) in [7, 11) is -4.49. The van der Waals surface area contributed by atoms with E-state index >= 15 is 0 Å². The number of para-hydroxylation sites is 1. The third kappa shape index (κ3) is 6.08.